The van der Waals surface area contributed by atoms with E-state index in [1.807, 2.05) is 32.2 Å². The summed E-state index contributed by atoms with van der Waals surface area (Å²) in [5.74, 6) is 0.963. The molecule has 0 bridgehead atoms. The summed E-state index contributed by atoms with van der Waals surface area (Å²) in [6, 6.07) is 5.87. The minimum atomic E-state index is 0.712. The number of hydrogen-bond donors (Lipinski definition) is 1. The van der Waals surface area contributed by atoms with E-state index in [4.69, 9.17) is 16.6 Å². The lowest BCUT2D eigenvalue weighted by atomic mass is 10.2. The lowest BCUT2D eigenvalue weighted by Gasteiger charge is -2.08. The van der Waals surface area contributed by atoms with Crippen LogP contribution in [0.15, 0.2) is 18.2 Å². The van der Waals surface area contributed by atoms with Crippen molar-refractivity contribution in [2.24, 2.45) is 0 Å². The molecule has 6 heteroatoms. The van der Waals surface area contributed by atoms with Gasteiger partial charge in [-0.05, 0) is 43.1 Å². The van der Waals surface area contributed by atoms with Crippen LogP contribution < -0.4 is 5.32 Å². The van der Waals surface area contributed by atoms with Crippen LogP contribution in [0.3, 0.4) is 0 Å². The van der Waals surface area contributed by atoms with E-state index < -0.39 is 0 Å². The average molecular weight is 321 g/mol. The first-order valence-corrected chi connectivity index (χ1v) is 8.11. The summed E-state index contributed by atoms with van der Waals surface area (Å²) < 4.78 is 6.71. The van der Waals surface area contributed by atoms with Crippen molar-refractivity contribution in [3.63, 3.8) is 0 Å². The van der Waals surface area contributed by atoms with Crippen LogP contribution in [-0.2, 0) is 6.54 Å². The van der Waals surface area contributed by atoms with Crippen molar-refractivity contribution in [1.29, 1.82) is 0 Å². The van der Waals surface area contributed by atoms with Crippen molar-refractivity contribution in [3.8, 4) is 11.4 Å². The van der Waals surface area contributed by atoms with Gasteiger partial charge in [0.1, 0.15) is 10.8 Å². The van der Waals surface area contributed by atoms with E-state index in [1.54, 1.807) is 0 Å². The monoisotopic (exact) mass is 320 g/mol. The lowest BCUT2D eigenvalue weighted by Crippen LogP contribution is -2.01. The molecule has 21 heavy (non-hydrogen) atoms. The minimum absolute atomic E-state index is 0.712. The number of imidazole rings is 1. The van der Waals surface area contributed by atoms with Gasteiger partial charge in [-0.2, -0.15) is 4.37 Å². The van der Waals surface area contributed by atoms with E-state index >= 15 is 0 Å². The van der Waals surface area contributed by atoms with Gasteiger partial charge < -0.3 is 9.88 Å². The molecule has 0 saturated heterocycles. The number of benzene rings is 1. The first-order chi connectivity index (χ1) is 10.2. The molecule has 0 aliphatic heterocycles. The highest BCUT2D eigenvalue weighted by molar-refractivity contribution is 7.10. The molecular formula is C15H17ClN4S. The Bertz CT molecular complexity index is 790. The molecule has 1 aromatic carbocycles. The maximum absolute atomic E-state index is 6.10. The number of halogens is 1. The Kier molecular flexibility index (Phi) is 3.87. The molecule has 0 aliphatic carbocycles. The Morgan fingerprint density at radius 3 is 2.90 bits per heavy atom. The third-order valence-electron chi connectivity index (χ3n) is 3.47. The molecular weight excluding hydrogens is 304 g/mol. The van der Waals surface area contributed by atoms with Gasteiger partial charge in [-0.25, -0.2) is 4.98 Å². The Morgan fingerprint density at radius 1 is 1.38 bits per heavy atom. The van der Waals surface area contributed by atoms with Crippen molar-refractivity contribution in [2.75, 3.05) is 12.4 Å². The number of fused-ring (bicyclic) bond motifs is 1. The minimum Gasteiger partial charge on any atom is -0.378 e. The molecule has 2 aromatic heterocycles. The van der Waals surface area contributed by atoms with Gasteiger partial charge in [-0.15, -0.1) is 0 Å². The predicted molar refractivity (Wildman–Crippen MR) is 90.4 cm³/mol. The fourth-order valence-corrected chi connectivity index (χ4v) is 3.45. The molecule has 0 amide bonds. The van der Waals surface area contributed by atoms with Gasteiger partial charge in [0, 0.05) is 18.6 Å². The van der Waals surface area contributed by atoms with Gasteiger partial charge in [0.05, 0.1) is 22.3 Å². The van der Waals surface area contributed by atoms with Crippen molar-refractivity contribution in [2.45, 2.75) is 26.8 Å². The predicted octanol–water partition coefficient (Wildman–Crippen LogP) is 4.57. The summed E-state index contributed by atoms with van der Waals surface area (Å²) in [6.07, 6.45) is 1.05. The van der Waals surface area contributed by atoms with Crippen LogP contribution in [-0.4, -0.2) is 21.0 Å². The van der Waals surface area contributed by atoms with Crippen LogP contribution in [0.4, 0.5) is 5.00 Å². The molecule has 2 heterocycles. The molecule has 110 valence electrons. The van der Waals surface area contributed by atoms with E-state index in [1.165, 1.54) is 11.5 Å². The van der Waals surface area contributed by atoms with Crippen molar-refractivity contribution in [1.82, 2.24) is 13.9 Å². The van der Waals surface area contributed by atoms with E-state index in [9.17, 15) is 0 Å². The van der Waals surface area contributed by atoms with Crippen LogP contribution in [0.5, 0.6) is 0 Å². The third-order valence-corrected chi connectivity index (χ3v) is 4.66. The Morgan fingerprint density at radius 2 is 2.19 bits per heavy atom. The van der Waals surface area contributed by atoms with Gasteiger partial charge in [0.25, 0.3) is 0 Å². The molecule has 3 rings (SSSR count). The summed E-state index contributed by atoms with van der Waals surface area (Å²) in [7, 11) is 1.92. The molecule has 0 spiro atoms. The first-order valence-electron chi connectivity index (χ1n) is 6.96. The molecule has 0 fully saturated rings. The van der Waals surface area contributed by atoms with E-state index in [0.29, 0.717) is 5.02 Å². The summed E-state index contributed by atoms with van der Waals surface area (Å²) in [4.78, 5) is 4.81. The number of nitrogens with one attached hydrogen (secondary N) is 1. The lowest BCUT2D eigenvalue weighted by molar-refractivity contribution is 0.704. The third kappa shape index (κ3) is 2.40. The van der Waals surface area contributed by atoms with Gasteiger partial charge in [-0.3, -0.25) is 0 Å². The van der Waals surface area contributed by atoms with E-state index in [2.05, 4.69) is 21.2 Å². The second-order valence-electron chi connectivity index (χ2n) is 4.94. The maximum atomic E-state index is 6.10. The standard InChI is InChI=1S/C15H17ClN4S/c1-4-7-20-12-6-5-10(16)8-11(12)18-14(20)13-9(2)19-21-15(13)17-3/h5-6,8,17H,4,7H2,1-3H3. The summed E-state index contributed by atoms with van der Waals surface area (Å²) >= 11 is 7.57. The zero-order chi connectivity index (χ0) is 15.0. The fraction of sp³-hybridized carbons (Fsp3) is 0.333. The van der Waals surface area contributed by atoms with Crippen molar-refractivity contribution >= 4 is 39.2 Å². The molecule has 0 aliphatic rings. The maximum Gasteiger partial charge on any atom is 0.146 e. The molecule has 3 aromatic rings. The van der Waals surface area contributed by atoms with Crippen LogP contribution in [0.2, 0.25) is 5.02 Å². The van der Waals surface area contributed by atoms with Crippen LogP contribution in [0.25, 0.3) is 22.4 Å². The smallest absolute Gasteiger partial charge is 0.146 e. The molecule has 0 atom stereocenters. The Labute approximate surface area is 132 Å². The first kappa shape index (κ1) is 14.4. The van der Waals surface area contributed by atoms with Gasteiger partial charge in [0.15, 0.2) is 0 Å². The Balaban J connectivity index is 2.30. The zero-order valence-corrected chi connectivity index (χ0v) is 13.8. The Hall–Kier alpha value is -1.59. The van der Waals surface area contributed by atoms with Crippen LogP contribution in [0.1, 0.15) is 19.0 Å². The number of rotatable bonds is 4. The molecule has 1 N–H and O–H groups in total. The molecule has 0 radical (unpaired) electrons. The quantitative estimate of drug-likeness (QED) is 0.765. The average Bonchev–Trinajstić information content (AvgIpc) is 2.99. The van der Waals surface area contributed by atoms with Crippen LogP contribution in [0, 0.1) is 6.92 Å². The normalized spacial score (nSPS) is 11.2. The highest BCUT2D eigenvalue weighted by Gasteiger charge is 2.19. The number of anilines is 1. The second kappa shape index (κ2) is 5.66. The summed E-state index contributed by atoms with van der Waals surface area (Å²) in [6.45, 7) is 5.12. The second-order valence-corrected chi connectivity index (χ2v) is 6.15. The van der Waals surface area contributed by atoms with Crippen molar-refractivity contribution < 1.29 is 0 Å². The van der Waals surface area contributed by atoms with E-state index in [0.717, 1.165) is 46.1 Å². The number of aryl methyl sites for hydroxylation is 2. The zero-order valence-electron chi connectivity index (χ0n) is 12.3. The molecule has 4 nitrogen and oxygen atoms in total. The van der Waals surface area contributed by atoms with E-state index in [-0.39, 0.29) is 0 Å². The largest absolute Gasteiger partial charge is 0.378 e. The summed E-state index contributed by atoms with van der Waals surface area (Å²) in [5, 5.41) is 4.98. The fourth-order valence-electron chi connectivity index (χ4n) is 2.55. The topological polar surface area (TPSA) is 42.7 Å². The van der Waals surface area contributed by atoms with Crippen LogP contribution >= 0.6 is 23.1 Å². The van der Waals surface area contributed by atoms with Gasteiger partial charge in [0.2, 0.25) is 0 Å². The SMILES string of the molecule is CCCn1c(-c2c(C)nsc2NC)nc2cc(Cl)ccc21. The number of nitrogens with zero attached hydrogens (tertiary/aromatic N) is 3. The number of aromatic nitrogens is 3. The van der Waals surface area contributed by atoms with Gasteiger partial charge in [-0.1, -0.05) is 18.5 Å². The summed E-state index contributed by atoms with van der Waals surface area (Å²) in [5.41, 5.74) is 4.13. The highest BCUT2D eigenvalue weighted by atomic mass is 35.5. The van der Waals surface area contributed by atoms with Gasteiger partial charge >= 0.3 is 0 Å². The molecule has 0 saturated carbocycles. The number of hydrogen-bond acceptors (Lipinski definition) is 4. The van der Waals surface area contributed by atoms with Crippen molar-refractivity contribution in [3.05, 3.63) is 28.9 Å². The highest BCUT2D eigenvalue weighted by Crippen LogP contribution is 2.36. The molecule has 0 unspecified atom stereocenters.